The minimum atomic E-state index is 0.165. The van der Waals surface area contributed by atoms with Crippen LogP contribution in [0.2, 0.25) is 0 Å². The van der Waals surface area contributed by atoms with Gasteiger partial charge in [0.25, 0.3) is 0 Å². The van der Waals surface area contributed by atoms with E-state index in [1.165, 1.54) is 0 Å². The van der Waals surface area contributed by atoms with Crippen molar-refractivity contribution < 1.29 is 5.11 Å². The predicted octanol–water partition coefficient (Wildman–Crippen LogP) is 0.641. The number of anilines is 1. The van der Waals surface area contributed by atoms with Crippen LogP contribution in [0.25, 0.3) is 0 Å². The lowest BCUT2D eigenvalue weighted by atomic mass is 10.4. The molecule has 0 fully saturated rings. The summed E-state index contributed by atoms with van der Waals surface area (Å²) in [6.45, 7) is 6.39. The van der Waals surface area contributed by atoms with Gasteiger partial charge in [0, 0.05) is 25.4 Å². The summed E-state index contributed by atoms with van der Waals surface area (Å²) in [6.07, 6.45) is 0. The molecule has 1 heterocycles. The normalized spacial score (nSPS) is 10.8. The first kappa shape index (κ1) is 12.9. The van der Waals surface area contributed by atoms with Crippen LogP contribution in [0, 0.1) is 6.92 Å². The van der Waals surface area contributed by atoms with E-state index in [0.29, 0.717) is 13.1 Å². The van der Waals surface area contributed by atoms with Gasteiger partial charge >= 0.3 is 0 Å². The Balaban J connectivity index is 2.74. The molecule has 0 aliphatic carbocycles. The van der Waals surface area contributed by atoms with Crippen molar-refractivity contribution in [3.05, 3.63) is 17.6 Å². The third kappa shape index (κ3) is 3.75. The van der Waals surface area contributed by atoms with Crippen molar-refractivity contribution in [2.75, 3.05) is 32.1 Å². The summed E-state index contributed by atoms with van der Waals surface area (Å²) >= 11 is 0. The van der Waals surface area contributed by atoms with Crippen molar-refractivity contribution in [3.63, 3.8) is 0 Å². The fraction of sp³-hybridized carbons (Fsp3) is 0.636. The zero-order valence-corrected chi connectivity index (χ0v) is 10.2. The molecule has 0 atom stereocenters. The zero-order valence-electron chi connectivity index (χ0n) is 10.2. The van der Waals surface area contributed by atoms with E-state index < -0.39 is 0 Å². The summed E-state index contributed by atoms with van der Waals surface area (Å²) in [6, 6.07) is 1.91. The Morgan fingerprint density at radius 2 is 2.19 bits per heavy atom. The molecule has 0 spiro atoms. The van der Waals surface area contributed by atoms with Crippen LogP contribution < -0.4 is 5.32 Å². The van der Waals surface area contributed by atoms with E-state index in [2.05, 4.69) is 27.1 Å². The third-order valence-electron chi connectivity index (χ3n) is 2.39. The molecule has 1 aromatic heterocycles. The van der Waals surface area contributed by atoms with Crippen molar-refractivity contribution in [2.45, 2.75) is 20.4 Å². The van der Waals surface area contributed by atoms with E-state index in [9.17, 15) is 0 Å². The minimum Gasteiger partial charge on any atom is -0.395 e. The lowest BCUT2D eigenvalue weighted by molar-refractivity contribution is 0.194. The second-order valence-electron chi connectivity index (χ2n) is 3.65. The average molecular weight is 224 g/mol. The smallest absolute Gasteiger partial charge is 0.144 e. The van der Waals surface area contributed by atoms with Crippen LogP contribution in [-0.2, 0) is 6.54 Å². The third-order valence-corrected chi connectivity index (χ3v) is 2.39. The summed E-state index contributed by atoms with van der Waals surface area (Å²) in [5, 5.41) is 11.9. The fourth-order valence-corrected chi connectivity index (χ4v) is 1.52. The first-order valence-corrected chi connectivity index (χ1v) is 5.55. The summed E-state index contributed by atoms with van der Waals surface area (Å²) < 4.78 is 0. The molecule has 0 unspecified atom stereocenters. The molecule has 0 radical (unpaired) electrons. The summed E-state index contributed by atoms with van der Waals surface area (Å²) in [5.74, 6) is 1.63. The van der Waals surface area contributed by atoms with E-state index in [4.69, 9.17) is 5.11 Å². The molecular formula is C11H20N4O. The Morgan fingerprint density at radius 1 is 1.44 bits per heavy atom. The van der Waals surface area contributed by atoms with Gasteiger partial charge in [-0.1, -0.05) is 6.92 Å². The Hall–Kier alpha value is -1.20. The first-order chi connectivity index (χ1) is 7.69. The van der Waals surface area contributed by atoms with Gasteiger partial charge in [0.1, 0.15) is 11.6 Å². The highest BCUT2D eigenvalue weighted by Crippen LogP contribution is 2.07. The highest BCUT2D eigenvalue weighted by molar-refractivity contribution is 5.34. The molecule has 16 heavy (non-hydrogen) atoms. The number of nitrogens with zero attached hydrogens (tertiary/aromatic N) is 3. The zero-order chi connectivity index (χ0) is 12.0. The number of hydrogen-bond donors (Lipinski definition) is 2. The van der Waals surface area contributed by atoms with Crippen molar-refractivity contribution in [1.29, 1.82) is 0 Å². The van der Waals surface area contributed by atoms with Gasteiger partial charge in [-0.3, -0.25) is 4.90 Å². The molecule has 0 bridgehead atoms. The van der Waals surface area contributed by atoms with Gasteiger partial charge in [-0.2, -0.15) is 0 Å². The van der Waals surface area contributed by atoms with E-state index in [1.54, 1.807) is 0 Å². The first-order valence-electron chi connectivity index (χ1n) is 5.55. The molecule has 5 nitrogen and oxygen atoms in total. The van der Waals surface area contributed by atoms with E-state index in [1.807, 2.05) is 20.0 Å². The quantitative estimate of drug-likeness (QED) is 0.742. The van der Waals surface area contributed by atoms with Crippen LogP contribution in [0.15, 0.2) is 6.07 Å². The standard InChI is InChI=1S/C11H20N4O/c1-4-15(5-6-16)8-11-13-9(2)7-10(12-3)14-11/h7,16H,4-6,8H2,1-3H3,(H,12,13,14). The van der Waals surface area contributed by atoms with Crippen molar-refractivity contribution in [1.82, 2.24) is 14.9 Å². The maximum atomic E-state index is 8.91. The average Bonchev–Trinajstić information content (AvgIpc) is 2.27. The Kier molecular flexibility index (Phi) is 5.14. The molecular weight excluding hydrogens is 204 g/mol. The molecule has 90 valence electrons. The van der Waals surface area contributed by atoms with Gasteiger partial charge in [-0.25, -0.2) is 9.97 Å². The van der Waals surface area contributed by atoms with Crippen molar-refractivity contribution >= 4 is 5.82 Å². The number of aromatic nitrogens is 2. The van der Waals surface area contributed by atoms with Gasteiger partial charge in [-0.05, 0) is 13.5 Å². The van der Waals surface area contributed by atoms with Crippen LogP contribution in [-0.4, -0.2) is 46.7 Å². The largest absolute Gasteiger partial charge is 0.395 e. The Morgan fingerprint density at radius 3 is 2.75 bits per heavy atom. The second kappa shape index (κ2) is 6.40. The molecule has 0 aliphatic heterocycles. The number of hydrogen-bond acceptors (Lipinski definition) is 5. The van der Waals surface area contributed by atoms with Crippen LogP contribution in [0.3, 0.4) is 0 Å². The summed E-state index contributed by atoms with van der Waals surface area (Å²) in [5.41, 5.74) is 0.953. The predicted molar refractivity (Wildman–Crippen MR) is 64.4 cm³/mol. The summed E-state index contributed by atoms with van der Waals surface area (Å²) in [7, 11) is 1.84. The van der Waals surface area contributed by atoms with Crippen LogP contribution in [0.4, 0.5) is 5.82 Å². The lowest BCUT2D eigenvalue weighted by Gasteiger charge is -2.18. The van der Waals surface area contributed by atoms with Gasteiger partial charge in [0.2, 0.25) is 0 Å². The molecule has 5 heteroatoms. The lowest BCUT2D eigenvalue weighted by Crippen LogP contribution is -2.27. The highest BCUT2D eigenvalue weighted by Gasteiger charge is 2.06. The Labute approximate surface area is 96.5 Å². The highest BCUT2D eigenvalue weighted by atomic mass is 16.3. The van der Waals surface area contributed by atoms with Crippen molar-refractivity contribution in [3.8, 4) is 0 Å². The number of nitrogens with one attached hydrogen (secondary N) is 1. The van der Waals surface area contributed by atoms with Crippen LogP contribution in [0.1, 0.15) is 18.4 Å². The van der Waals surface area contributed by atoms with Gasteiger partial charge in [-0.15, -0.1) is 0 Å². The summed E-state index contributed by atoms with van der Waals surface area (Å²) in [4.78, 5) is 10.9. The minimum absolute atomic E-state index is 0.165. The molecule has 0 saturated heterocycles. The molecule has 2 N–H and O–H groups in total. The molecule has 0 aromatic carbocycles. The van der Waals surface area contributed by atoms with E-state index in [-0.39, 0.29) is 6.61 Å². The SMILES string of the molecule is CCN(CCO)Cc1nc(C)cc(NC)n1. The monoisotopic (exact) mass is 224 g/mol. The van der Waals surface area contributed by atoms with Crippen LogP contribution >= 0.6 is 0 Å². The van der Waals surface area contributed by atoms with Gasteiger partial charge in [0.15, 0.2) is 0 Å². The fourth-order valence-electron chi connectivity index (χ4n) is 1.52. The maximum Gasteiger partial charge on any atom is 0.144 e. The number of aryl methyl sites for hydroxylation is 1. The number of aliphatic hydroxyl groups excluding tert-OH is 1. The number of likely N-dealkylation sites (N-methyl/N-ethyl adjacent to an activating group) is 1. The molecule has 0 saturated carbocycles. The maximum absolute atomic E-state index is 8.91. The molecule has 0 aliphatic rings. The van der Waals surface area contributed by atoms with Gasteiger partial charge < -0.3 is 10.4 Å². The van der Waals surface area contributed by atoms with E-state index in [0.717, 1.165) is 23.9 Å². The van der Waals surface area contributed by atoms with Crippen molar-refractivity contribution in [2.24, 2.45) is 0 Å². The molecule has 1 aromatic rings. The Bertz CT molecular complexity index is 330. The second-order valence-corrected chi connectivity index (χ2v) is 3.65. The number of aliphatic hydroxyl groups is 1. The van der Waals surface area contributed by atoms with Crippen LogP contribution in [0.5, 0.6) is 0 Å². The molecule has 1 rings (SSSR count). The van der Waals surface area contributed by atoms with Gasteiger partial charge in [0.05, 0.1) is 13.2 Å². The molecule has 0 amide bonds. The number of rotatable bonds is 6. The topological polar surface area (TPSA) is 61.3 Å². The van der Waals surface area contributed by atoms with E-state index >= 15 is 0 Å².